The Labute approximate surface area is 175 Å². The minimum Gasteiger partial charge on any atom is -0.215 e. The molecule has 0 unspecified atom stereocenters. The molecule has 2 nitrogen and oxygen atoms in total. The van der Waals surface area contributed by atoms with Crippen LogP contribution in [0.3, 0.4) is 0 Å². The van der Waals surface area contributed by atoms with E-state index < -0.39 is 5.54 Å². The first-order valence-corrected chi connectivity index (χ1v) is 11.3. The van der Waals surface area contributed by atoms with E-state index in [2.05, 4.69) is 42.5 Å². The molecule has 6 rings (SSSR count). The van der Waals surface area contributed by atoms with Gasteiger partial charge in [0.1, 0.15) is 0 Å². The lowest BCUT2D eigenvalue weighted by Gasteiger charge is -2.52. The van der Waals surface area contributed by atoms with Crippen LogP contribution in [0.4, 0.5) is 5.69 Å². The van der Waals surface area contributed by atoms with Gasteiger partial charge in [0.05, 0.1) is 11.2 Å². The predicted octanol–water partition coefficient (Wildman–Crippen LogP) is 6.90. The van der Waals surface area contributed by atoms with Crippen molar-refractivity contribution < 1.29 is 5.21 Å². The van der Waals surface area contributed by atoms with E-state index >= 15 is 0 Å². The summed E-state index contributed by atoms with van der Waals surface area (Å²) in [7, 11) is 0. The zero-order valence-corrected chi connectivity index (χ0v) is 17.9. The van der Waals surface area contributed by atoms with Crippen LogP contribution < -0.4 is 5.06 Å². The molecule has 29 heavy (non-hydrogen) atoms. The zero-order chi connectivity index (χ0) is 20.2. The van der Waals surface area contributed by atoms with Gasteiger partial charge in [0.25, 0.3) is 0 Å². The summed E-state index contributed by atoms with van der Waals surface area (Å²) in [5.41, 5.74) is 6.07. The van der Waals surface area contributed by atoms with E-state index in [1.54, 1.807) is 5.57 Å². The summed E-state index contributed by atoms with van der Waals surface area (Å²) in [5.74, 6) is 3.43. The fourth-order valence-corrected chi connectivity index (χ4v) is 6.36. The molecule has 0 aromatic heterocycles. The summed E-state index contributed by atoms with van der Waals surface area (Å²) < 4.78 is 0. The fraction of sp³-hybridized carbons (Fsp3) is 0.481. The molecule has 0 saturated heterocycles. The van der Waals surface area contributed by atoms with Gasteiger partial charge in [0.2, 0.25) is 0 Å². The van der Waals surface area contributed by atoms with Crippen molar-refractivity contribution in [3.63, 3.8) is 0 Å². The van der Waals surface area contributed by atoms with Crippen molar-refractivity contribution >= 4 is 11.3 Å². The Bertz CT molecular complexity index is 874. The van der Waals surface area contributed by atoms with E-state index in [4.69, 9.17) is 0 Å². The molecule has 2 heteroatoms. The maximum Gasteiger partial charge on any atom is 0.0674 e. The summed E-state index contributed by atoms with van der Waals surface area (Å²) in [6.07, 6.45) is 7.01. The van der Waals surface area contributed by atoms with E-state index in [1.807, 2.05) is 32.9 Å². The monoisotopic (exact) mass is 386 g/mol. The molecule has 4 saturated carbocycles. The molecule has 4 bridgehead atoms. The number of hydroxylamine groups is 1. The van der Waals surface area contributed by atoms with Gasteiger partial charge in [0.15, 0.2) is 0 Å². The summed E-state index contributed by atoms with van der Waals surface area (Å²) in [6, 6.07) is 19.3. The Morgan fingerprint density at radius 1 is 0.759 bits per heavy atom. The molecule has 4 fully saturated rings. The number of allylic oxidation sites excluding steroid dienone is 1. The molecule has 0 N–H and O–H groups in total. The van der Waals surface area contributed by atoms with Crippen molar-refractivity contribution in [3.05, 3.63) is 71.3 Å². The highest BCUT2D eigenvalue weighted by Crippen LogP contribution is 2.58. The first kappa shape index (κ1) is 18.9. The number of hydrogen-bond acceptors (Lipinski definition) is 1. The topological polar surface area (TPSA) is 23.1 Å². The largest absolute Gasteiger partial charge is 0.215 e. The zero-order valence-electron chi connectivity index (χ0n) is 17.9. The second kappa shape index (κ2) is 7.02. The number of benzene rings is 2. The molecule has 2 aromatic rings. The van der Waals surface area contributed by atoms with Gasteiger partial charge in [-0.15, -0.1) is 0 Å². The number of anilines is 1. The summed E-state index contributed by atoms with van der Waals surface area (Å²) in [6.45, 7) is 5.87. The molecule has 151 valence electrons. The van der Waals surface area contributed by atoms with E-state index in [1.165, 1.54) is 48.8 Å². The van der Waals surface area contributed by atoms with Gasteiger partial charge in [-0.2, -0.15) is 0 Å². The average Bonchev–Trinajstić information content (AvgIpc) is 2.70. The van der Waals surface area contributed by atoms with Gasteiger partial charge in [-0.25, -0.2) is 5.06 Å². The second-order valence-electron chi connectivity index (χ2n) is 10.5. The van der Waals surface area contributed by atoms with Crippen LogP contribution in [0.5, 0.6) is 0 Å². The number of hydrogen-bond donors (Lipinski definition) is 0. The van der Waals surface area contributed by atoms with Crippen molar-refractivity contribution in [2.45, 2.75) is 58.4 Å². The normalized spacial score (nSPS) is 27.9. The molecular formula is C27H32NO. The maximum absolute atomic E-state index is 12.6. The first-order valence-electron chi connectivity index (χ1n) is 11.3. The molecule has 4 aliphatic carbocycles. The molecule has 0 atom stereocenters. The van der Waals surface area contributed by atoms with Crippen LogP contribution in [0.15, 0.2) is 60.2 Å². The van der Waals surface area contributed by atoms with E-state index in [0.29, 0.717) is 0 Å². The lowest BCUT2D eigenvalue weighted by Crippen LogP contribution is -2.40. The Hall–Kier alpha value is -2.06. The average molecular weight is 387 g/mol. The Morgan fingerprint density at radius 3 is 1.79 bits per heavy atom. The molecule has 0 aliphatic heterocycles. The van der Waals surface area contributed by atoms with Gasteiger partial charge in [-0.05, 0) is 105 Å². The molecule has 0 heterocycles. The maximum atomic E-state index is 12.6. The van der Waals surface area contributed by atoms with Crippen molar-refractivity contribution in [2.75, 3.05) is 5.06 Å². The number of nitrogens with zero attached hydrogens (tertiary/aromatic N) is 1. The SMILES string of the molecule is CC(C)(C)N([O])c1ccc(C(=C2C3CC4CC(C3)CC2C4)c2ccccc2)cc1. The summed E-state index contributed by atoms with van der Waals surface area (Å²) >= 11 is 0. The summed E-state index contributed by atoms with van der Waals surface area (Å²) in [4.78, 5) is 0. The molecule has 4 aliphatic rings. The van der Waals surface area contributed by atoms with Gasteiger partial charge in [0, 0.05) is 0 Å². The van der Waals surface area contributed by atoms with Crippen LogP contribution in [-0.4, -0.2) is 5.54 Å². The minimum absolute atomic E-state index is 0.427. The number of rotatable bonds is 3. The van der Waals surface area contributed by atoms with Crippen molar-refractivity contribution in [1.82, 2.24) is 0 Å². The predicted molar refractivity (Wildman–Crippen MR) is 119 cm³/mol. The van der Waals surface area contributed by atoms with Crippen LogP contribution in [0, 0.1) is 23.7 Å². The van der Waals surface area contributed by atoms with Gasteiger partial charge < -0.3 is 0 Å². The van der Waals surface area contributed by atoms with Crippen LogP contribution in [0.2, 0.25) is 0 Å². The van der Waals surface area contributed by atoms with Gasteiger partial charge in [-0.1, -0.05) is 53.2 Å². The smallest absolute Gasteiger partial charge is 0.0674 e. The molecule has 0 amide bonds. The van der Waals surface area contributed by atoms with Crippen LogP contribution in [0.25, 0.3) is 5.57 Å². The van der Waals surface area contributed by atoms with E-state index in [9.17, 15) is 5.21 Å². The fourth-order valence-electron chi connectivity index (χ4n) is 6.36. The van der Waals surface area contributed by atoms with Crippen LogP contribution in [-0.2, 0) is 5.21 Å². The van der Waals surface area contributed by atoms with E-state index in [0.717, 1.165) is 34.4 Å². The van der Waals surface area contributed by atoms with Gasteiger partial charge >= 0.3 is 0 Å². The lowest BCUT2D eigenvalue weighted by molar-refractivity contribution is 0.0705. The Kier molecular flexibility index (Phi) is 4.58. The quantitative estimate of drug-likeness (QED) is 0.526. The highest BCUT2D eigenvalue weighted by atomic mass is 16.5. The van der Waals surface area contributed by atoms with Crippen molar-refractivity contribution in [2.24, 2.45) is 23.7 Å². The van der Waals surface area contributed by atoms with Crippen LogP contribution in [0.1, 0.15) is 64.0 Å². The Balaban J connectivity index is 1.60. The van der Waals surface area contributed by atoms with Crippen LogP contribution >= 0.6 is 0 Å². The standard InChI is InChI=1S/C27H32NO/c1-27(2,3)28(29)24-11-9-21(10-12-24)25(20-7-5-4-6-8-20)26-22-14-18-13-19(16-22)17-23(26)15-18/h4-12,18-19,22-23H,13-17H2,1-3H3. The molecular weight excluding hydrogens is 354 g/mol. The molecule has 2 aromatic carbocycles. The van der Waals surface area contributed by atoms with E-state index in [-0.39, 0.29) is 0 Å². The third-order valence-corrected chi connectivity index (χ3v) is 7.37. The van der Waals surface area contributed by atoms with Crippen molar-refractivity contribution in [1.29, 1.82) is 0 Å². The van der Waals surface area contributed by atoms with Gasteiger partial charge in [-0.3, -0.25) is 0 Å². The lowest BCUT2D eigenvalue weighted by atomic mass is 9.53. The van der Waals surface area contributed by atoms with Crippen molar-refractivity contribution in [3.8, 4) is 0 Å². The minimum atomic E-state index is -0.427. The first-order chi connectivity index (χ1) is 13.9. The highest BCUT2D eigenvalue weighted by Gasteiger charge is 2.46. The highest BCUT2D eigenvalue weighted by molar-refractivity contribution is 5.83. The Morgan fingerprint density at radius 2 is 1.28 bits per heavy atom. The third kappa shape index (κ3) is 3.42. The summed E-state index contributed by atoms with van der Waals surface area (Å²) in [5, 5.41) is 13.7. The second-order valence-corrected chi connectivity index (χ2v) is 10.5. The molecule has 0 spiro atoms. The third-order valence-electron chi connectivity index (χ3n) is 7.37. The molecule has 1 radical (unpaired) electrons.